The van der Waals surface area contributed by atoms with Crippen LogP contribution < -0.4 is 0 Å². The molecule has 3 N–H and O–H groups in total. The van der Waals surface area contributed by atoms with E-state index in [-0.39, 0.29) is 67.3 Å². The van der Waals surface area contributed by atoms with Crippen molar-refractivity contribution in [3.63, 3.8) is 0 Å². The van der Waals surface area contributed by atoms with Crippen LogP contribution in [0.3, 0.4) is 0 Å². The first-order valence-electron chi connectivity index (χ1n) is 16.0. The van der Waals surface area contributed by atoms with Gasteiger partial charge in [0.15, 0.2) is 17.3 Å². The van der Waals surface area contributed by atoms with Crippen molar-refractivity contribution in [1.82, 2.24) is 0 Å². The second kappa shape index (κ2) is 22.0. The van der Waals surface area contributed by atoms with E-state index in [1.807, 2.05) is 72.8 Å². The van der Waals surface area contributed by atoms with Gasteiger partial charge in [-0.3, -0.25) is 14.4 Å². The molecule has 0 aliphatic heterocycles. The van der Waals surface area contributed by atoms with E-state index in [2.05, 4.69) is 0 Å². The van der Waals surface area contributed by atoms with Gasteiger partial charge in [-0.2, -0.15) is 0 Å². The van der Waals surface area contributed by atoms with Crippen LogP contribution in [0.1, 0.15) is 47.8 Å². The first-order valence-corrected chi connectivity index (χ1v) is 16.0. The number of aliphatic hydroxyl groups excluding tert-OH is 3. The quantitative estimate of drug-likeness (QED) is 0.0768. The minimum absolute atomic E-state index is 0. The molecule has 0 saturated carbocycles. The van der Waals surface area contributed by atoms with Crippen molar-refractivity contribution in [2.24, 2.45) is 0 Å². The second-order valence-electron chi connectivity index (χ2n) is 10.9. The number of rotatable bonds is 9. The molecule has 0 aliphatic rings. The number of hydrogen-bond donors (Lipinski definition) is 3. The van der Waals surface area contributed by atoms with Crippen LogP contribution >= 0.6 is 0 Å². The molecule has 0 amide bonds. The Balaban J connectivity index is 0.000000208. The molecule has 0 aliphatic carbocycles. The normalized spacial score (nSPS) is 11.0. The summed E-state index contributed by atoms with van der Waals surface area (Å²) in [6.45, 7) is 0. The Labute approximate surface area is 328 Å². The van der Waals surface area contributed by atoms with Crippen LogP contribution in [0.5, 0.6) is 0 Å². The molecule has 0 heterocycles. The summed E-state index contributed by atoms with van der Waals surface area (Å²) in [5.41, 5.74) is 3.60. The Kier molecular flexibility index (Phi) is 17.1. The molecule has 255 valence electrons. The van der Waals surface area contributed by atoms with Crippen LogP contribution in [-0.4, -0.2) is 32.7 Å². The second-order valence-corrected chi connectivity index (χ2v) is 10.9. The average molecular weight is 762 g/mol. The maximum atomic E-state index is 11.8. The van der Waals surface area contributed by atoms with Gasteiger partial charge in [-0.15, -0.1) is 0 Å². The molecular formula is C45H36O6Y. The Morgan fingerprint density at radius 1 is 0.288 bits per heavy atom. The third-order valence-corrected chi connectivity index (χ3v) is 7.19. The van der Waals surface area contributed by atoms with Crippen LogP contribution in [0, 0.1) is 0 Å². The van der Waals surface area contributed by atoms with E-state index in [1.54, 1.807) is 109 Å². The van der Waals surface area contributed by atoms with Gasteiger partial charge in [0.1, 0.15) is 17.3 Å². The fraction of sp³-hybridized carbons (Fsp3) is 0. The minimum Gasteiger partial charge on any atom is -0.507 e. The summed E-state index contributed by atoms with van der Waals surface area (Å²) >= 11 is 0. The maximum absolute atomic E-state index is 11.8. The van der Waals surface area contributed by atoms with Crippen LogP contribution in [0.15, 0.2) is 200 Å². The van der Waals surface area contributed by atoms with Crippen molar-refractivity contribution < 1.29 is 62.4 Å². The minimum atomic E-state index is -0.202. The van der Waals surface area contributed by atoms with Crippen LogP contribution in [-0.2, 0) is 32.7 Å². The fourth-order valence-corrected chi connectivity index (χ4v) is 4.51. The molecule has 0 spiro atoms. The molecular weight excluding hydrogens is 725 g/mol. The molecule has 6 aromatic carbocycles. The third kappa shape index (κ3) is 13.4. The number of carbonyl (C=O) groups is 3. The Bertz CT molecular complexity index is 1830. The maximum Gasteiger partial charge on any atom is 0.189 e. The smallest absolute Gasteiger partial charge is 0.189 e. The summed E-state index contributed by atoms with van der Waals surface area (Å²) in [4.78, 5) is 35.4. The van der Waals surface area contributed by atoms with E-state index in [9.17, 15) is 29.7 Å². The predicted molar refractivity (Wildman–Crippen MR) is 203 cm³/mol. The molecule has 52 heavy (non-hydrogen) atoms. The van der Waals surface area contributed by atoms with Crippen LogP contribution in [0.4, 0.5) is 0 Å². The predicted octanol–water partition coefficient (Wildman–Crippen LogP) is 10.4. The number of aliphatic hydroxyl groups is 3. The standard InChI is InChI=1S/3C15H12O2.Y/c3*16-14(12-7-3-1-4-8-12)11-15(17)13-9-5-2-6-10-13;/h3*1-11,16H;/b3*14-11-;. The largest absolute Gasteiger partial charge is 0.507 e. The number of allylic oxidation sites excluding steroid dienone is 3. The van der Waals surface area contributed by atoms with Gasteiger partial charge in [0.25, 0.3) is 0 Å². The van der Waals surface area contributed by atoms with Gasteiger partial charge >= 0.3 is 0 Å². The van der Waals surface area contributed by atoms with Crippen LogP contribution in [0.25, 0.3) is 17.3 Å². The molecule has 0 aromatic heterocycles. The van der Waals surface area contributed by atoms with E-state index in [1.165, 1.54) is 18.2 Å². The van der Waals surface area contributed by atoms with Gasteiger partial charge in [0.2, 0.25) is 0 Å². The number of benzene rings is 6. The van der Waals surface area contributed by atoms with E-state index < -0.39 is 0 Å². The summed E-state index contributed by atoms with van der Waals surface area (Å²) in [7, 11) is 0. The van der Waals surface area contributed by atoms with Crippen molar-refractivity contribution in [1.29, 1.82) is 0 Å². The summed E-state index contributed by atoms with van der Waals surface area (Å²) in [6.07, 6.45) is 3.72. The Morgan fingerprint density at radius 3 is 0.615 bits per heavy atom. The van der Waals surface area contributed by atoms with Gasteiger partial charge < -0.3 is 15.3 Å². The number of carbonyl (C=O) groups excluding carboxylic acids is 3. The number of hydrogen-bond acceptors (Lipinski definition) is 6. The molecule has 6 nitrogen and oxygen atoms in total. The zero-order valence-corrected chi connectivity index (χ0v) is 31.0. The van der Waals surface area contributed by atoms with Crippen molar-refractivity contribution in [3.8, 4) is 0 Å². The van der Waals surface area contributed by atoms with Crippen molar-refractivity contribution in [3.05, 3.63) is 234 Å². The Morgan fingerprint density at radius 2 is 0.442 bits per heavy atom. The first kappa shape index (κ1) is 40.5. The van der Waals surface area contributed by atoms with E-state index in [4.69, 9.17) is 0 Å². The van der Waals surface area contributed by atoms with E-state index >= 15 is 0 Å². The monoisotopic (exact) mass is 761 g/mol. The van der Waals surface area contributed by atoms with Gasteiger partial charge in [0, 0.05) is 84.3 Å². The van der Waals surface area contributed by atoms with Crippen molar-refractivity contribution in [2.45, 2.75) is 0 Å². The van der Waals surface area contributed by atoms with Crippen LogP contribution in [0.2, 0.25) is 0 Å². The van der Waals surface area contributed by atoms with Gasteiger partial charge in [-0.25, -0.2) is 0 Å². The summed E-state index contributed by atoms with van der Waals surface area (Å²) < 4.78 is 0. The molecule has 0 bridgehead atoms. The molecule has 0 saturated heterocycles. The van der Waals surface area contributed by atoms with Crippen molar-refractivity contribution >= 4 is 34.6 Å². The molecule has 0 fully saturated rings. The van der Waals surface area contributed by atoms with Crippen molar-refractivity contribution in [2.75, 3.05) is 0 Å². The molecule has 6 rings (SSSR count). The zero-order valence-electron chi connectivity index (χ0n) is 28.2. The Hall–Kier alpha value is -5.95. The third-order valence-electron chi connectivity index (χ3n) is 7.19. The van der Waals surface area contributed by atoms with Gasteiger partial charge in [-0.1, -0.05) is 182 Å². The number of ketones is 3. The molecule has 0 unspecified atom stereocenters. The van der Waals surface area contributed by atoms with E-state index in [0.717, 1.165) is 0 Å². The van der Waals surface area contributed by atoms with Gasteiger partial charge in [-0.05, 0) is 0 Å². The summed E-state index contributed by atoms with van der Waals surface area (Å²) in [5, 5.41) is 29.4. The zero-order chi connectivity index (χ0) is 36.3. The summed E-state index contributed by atoms with van der Waals surface area (Å²) in [6, 6.07) is 53.6. The summed E-state index contributed by atoms with van der Waals surface area (Å²) in [5.74, 6) is -0.649. The molecule has 0 atom stereocenters. The first-order chi connectivity index (χ1) is 24.8. The molecule has 1 radical (unpaired) electrons. The fourth-order valence-electron chi connectivity index (χ4n) is 4.51. The molecule has 6 aromatic rings. The SMILES string of the molecule is O=C(/C=C(\O)c1ccccc1)c1ccccc1.O=C(/C=C(\O)c1ccccc1)c1ccccc1.O=C(/C=C(\O)c1ccccc1)c1ccccc1.[Y]. The van der Waals surface area contributed by atoms with Gasteiger partial charge in [0.05, 0.1) is 0 Å². The molecule has 7 heteroatoms. The average Bonchev–Trinajstić information content (AvgIpc) is 3.20. The van der Waals surface area contributed by atoms with E-state index in [0.29, 0.717) is 33.4 Å². The topological polar surface area (TPSA) is 112 Å².